The van der Waals surface area contributed by atoms with Gasteiger partial charge in [-0.3, -0.25) is 14.6 Å². The number of methoxy groups -OCH3 is 1. The molecule has 2 N–H and O–H groups in total. The van der Waals surface area contributed by atoms with Crippen LogP contribution in [0.25, 0.3) is 22.3 Å². The number of hydrogen-bond donors (Lipinski definition) is 2. The van der Waals surface area contributed by atoms with Crippen LogP contribution in [0.5, 0.6) is 11.5 Å². The monoisotopic (exact) mass is 482 g/mol. The number of fused-ring (bicyclic) bond motifs is 1. The molecule has 0 saturated heterocycles. The number of nitrogens with one attached hydrogen (secondary N) is 2. The Morgan fingerprint density at radius 1 is 1.21 bits per heavy atom. The number of halogens is 1. The van der Waals surface area contributed by atoms with E-state index in [2.05, 4.69) is 20.6 Å². The molecule has 2 aromatic heterocycles. The average Bonchev–Trinajstić information content (AvgIpc) is 3.40. The van der Waals surface area contributed by atoms with Crippen molar-refractivity contribution in [2.45, 2.75) is 32.7 Å². The third kappa shape index (κ3) is 5.14. The summed E-state index contributed by atoms with van der Waals surface area (Å²) in [6, 6.07) is 9.29. The highest BCUT2D eigenvalue weighted by Gasteiger charge is 2.17. The molecular formula is C24H27ClN6O3. The fourth-order valence-corrected chi connectivity index (χ4v) is 3.83. The molecule has 0 spiro atoms. The van der Waals surface area contributed by atoms with Gasteiger partial charge in [0.25, 0.3) is 5.91 Å². The fraction of sp³-hybridized carbons (Fsp3) is 0.333. The summed E-state index contributed by atoms with van der Waals surface area (Å²) in [6.45, 7) is 5.63. The van der Waals surface area contributed by atoms with Crippen molar-refractivity contribution in [3.8, 4) is 22.9 Å². The minimum absolute atomic E-state index is 0.110. The maximum atomic E-state index is 12.1. The lowest BCUT2D eigenvalue weighted by atomic mass is 10.1. The number of carbonyl (C=O) groups excluding carboxylic acids is 1. The van der Waals surface area contributed by atoms with Gasteiger partial charge in [-0.1, -0.05) is 17.7 Å². The van der Waals surface area contributed by atoms with Crippen LogP contribution in [-0.4, -0.2) is 50.1 Å². The molecule has 0 atom stereocenters. The Balaban J connectivity index is 1.52. The van der Waals surface area contributed by atoms with Crippen LogP contribution in [-0.2, 0) is 18.3 Å². The van der Waals surface area contributed by atoms with E-state index >= 15 is 0 Å². The van der Waals surface area contributed by atoms with Crippen LogP contribution in [0.15, 0.2) is 36.5 Å². The van der Waals surface area contributed by atoms with Gasteiger partial charge in [-0.05, 0) is 50.6 Å². The SMILES string of the molecule is COc1cc(-c2nc(Cc3ccc4[nH]ncc4c3Cl)n(C)n2)ccc1OCC(=O)NC(C)(C)C. The van der Waals surface area contributed by atoms with Gasteiger partial charge in [-0.15, -0.1) is 0 Å². The van der Waals surface area contributed by atoms with E-state index in [1.807, 2.05) is 46.0 Å². The molecule has 0 aliphatic carbocycles. The number of H-pyrrole nitrogens is 1. The van der Waals surface area contributed by atoms with E-state index in [1.54, 1.807) is 30.1 Å². The number of benzene rings is 2. The second-order valence-electron chi connectivity index (χ2n) is 8.97. The van der Waals surface area contributed by atoms with E-state index in [1.165, 1.54) is 0 Å². The predicted octanol–water partition coefficient (Wildman–Crippen LogP) is 3.90. The predicted molar refractivity (Wildman–Crippen MR) is 130 cm³/mol. The Bertz CT molecular complexity index is 1340. The van der Waals surface area contributed by atoms with E-state index in [0.717, 1.165) is 27.9 Å². The minimum Gasteiger partial charge on any atom is -0.493 e. The zero-order valence-corrected chi connectivity index (χ0v) is 20.5. The van der Waals surface area contributed by atoms with Gasteiger partial charge >= 0.3 is 0 Å². The molecule has 0 aliphatic heterocycles. The Kier molecular flexibility index (Phi) is 6.47. The standard InChI is InChI=1S/C24H27ClN6O3/c1-24(2,3)28-21(32)13-34-18-9-7-15(10-19(18)33-5)23-27-20(31(4)30-23)11-14-6-8-17-16(22(14)25)12-26-29-17/h6-10,12H,11,13H2,1-5H3,(H,26,29)(H,28,32). The number of aromatic amines is 1. The maximum absolute atomic E-state index is 12.1. The van der Waals surface area contributed by atoms with Gasteiger partial charge in [0, 0.05) is 30.0 Å². The van der Waals surface area contributed by atoms with Crippen molar-refractivity contribution in [2.24, 2.45) is 7.05 Å². The molecular weight excluding hydrogens is 456 g/mol. The van der Waals surface area contributed by atoms with E-state index in [-0.39, 0.29) is 18.1 Å². The zero-order chi connectivity index (χ0) is 24.5. The summed E-state index contributed by atoms with van der Waals surface area (Å²) in [5.41, 5.74) is 2.26. The lowest BCUT2D eigenvalue weighted by molar-refractivity contribution is -0.124. The molecule has 2 heterocycles. The van der Waals surface area contributed by atoms with Crippen LogP contribution >= 0.6 is 11.6 Å². The van der Waals surface area contributed by atoms with Crippen molar-refractivity contribution in [3.63, 3.8) is 0 Å². The molecule has 1 amide bonds. The van der Waals surface area contributed by atoms with Crippen LogP contribution in [0.4, 0.5) is 0 Å². The van der Waals surface area contributed by atoms with Crippen LogP contribution in [0.1, 0.15) is 32.2 Å². The first kappa shape index (κ1) is 23.6. The summed E-state index contributed by atoms with van der Waals surface area (Å²) >= 11 is 6.58. The molecule has 4 aromatic rings. The third-order valence-electron chi connectivity index (χ3n) is 5.14. The highest BCUT2D eigenvalue weighted by molar-refractivity contribution is 6.36. The minimum atomic E-state index is -0.328. The summed E-state index contributed by atoms with van der Waals surface area (Å²) in [6.07, 6.45) is 2.23. The first-order valence-corrected chi connectivity index (χ1v) is 11.1. The van der Waals surface area contributed by atoms with Crippen molar-refractivity contribution < 1.29 is 14.3 Å². The number of nitrogens with zero attached hydrogens (tertiary/aromatic N) is 4. The Morgan fingerprint density at radius 2 is 2.00 bits per heavy atom. The molecule has 4 rings (SSSR count). The van der Waals surface area contributed by atoms with Gasteiger partial charge in [0.05, 0.1) is 23.8 Å². The van der Waals surface area contributed by atoms with Crippen molar-refractivity contribution in [3.05, 3.63) is 52.9 Å². The molecule has 0 unspecified atom stereocenters. The van der Waals surface area contributed by atoms with Gasteiger partial charge < -0.3 is 14.8 Å². The fourth-order valence-electron chi connectivity index (χ4n) is 3.55. The first-order chi connectivity index (χ1) is 16.1. The molecule has 34 heavy (non-hydrogen) atoms. The second-order valence-corrected chi connectivity index (χ2v) is 9.35. The summed E-state index contributed by atoms with van der Waals surface area (Å²) in [7, 11) is 3.39. The highest BCUT2D eigenvalue weighted by Crippen LogP contribution is 2.32. The molecule has 178 valence electrons. The topological polar surface area (TPSA) is 107 Å². The lowest BCUT2D eigenvalue weighted by Crippen LogP contribution is -2.43. The summed E-state index contributed by atoms with van der Waals surface area (Å²) in [4.78, 5) is 16.8. The molecule has 10 heteroatoms. The van der Waals surface area contributed by atoms with Crippen molar-refractivity contribution in [1.82, 2.24) is 30.3 Å². The maximum Gasteiger partial charge on any atom is 0.258 e. The van der Waals surface area contributed by atoms with E-state index in [4.69, 9.17) is 26.1 Å². The Labute approximate surface area is 202 Å². The van der Waals surface area contributed by atoms with Crippen LogP contribution in [0, 0.1) is 0 Å². The van der Waals surface area contributed by atoms with Crippen LogP contribution in [0.2, 0.25) is 5.02 Å². The number of carbonyl (C=O) groups is 1. The Hall–Kier alpha value is -3.59. The van der Waals surface area contributed by atoms with Gasteiger partial charge in [0.2, 0.25) is 0 Å². The number of aryl methyl sites for hydroxylation is 1. The number of amides is 1. The molecule has 0 bridgehead atoms. The average molecular weight is 483 g/mol. The largest absolute Gasteiger partial charge is 0.493 e. The quantitative estimate of drug-likeness (QED) is 0.413. The number of hydrogen-bond acceptors (Lipinski definition) is 6. The zero-order valence-electron chi connectivity index (χ0n) is 19.8. The summed E-state index contributed by atoms with van der Waals surface area (Å²) in [5.74, 6) is 2.06. The van der Waals surface area contributed by atoms with Gasteiger partial charge in [0.15, 0.2) is 23.9 Å². The number of rotatable bonds is 7. The normalized spacial score (nSPS) is 11.6. The smallest absolute Gasteiger partial charge is 0.258 e. The third-order valence-corrected chi connectivity index (χ3v) is 5.58. The van der Waals surface area contributed by atoms with Crippen LogP contribution < -0.4 is 14.8 Å². The number of aromatic nitrogens is 5. The van der Waals surface area contributed by atoms with Crippen LogP contribution in [0.3, 0.4) is 0 Å². The molecule has 9 nitrogen and oxygen atoms in total. The summed E-state index contributed by atoms with van der Waals surface area (Å²) in [5, 5.41) is 15.9. The van der Waals surface area contributed by atoms with Crippen molar-refractivity contribution >= 4 is 28.4 Å². The van der Waals surface area contributed by atoms with Gasteiger partial charge in [0.1, 0.15) is 5.82 Å². The second kappa shape index (κ2) is 9.34. The molecule has 0 fully saturated rings. The molecule has 0 saturated carbocycles. The van der Waals surface area contributed by atoms with E-state index < -0.39 is 0 Å². The number of ether oxygens (including phenoxy) is 2. The highest BCUT2D eigenvalue weighted by atomic mass is 35.5. The molecule has 2 aromatic carbocycles. The first-order valence-electron chi connectivity index (χ1n) is 10.8. The molecule has 0 radical (unpaired) electrons. The van der Waals surface area contributed by atoms with Gasteiger partial charge in [-0.25, -0.2) is 4.98 Å². The van der Waals surface area contributed by atoms with E-state index in [9.17, 15) is 4.79 Å². The lowest BCUT2D eigenvalue weighted by Gasteiger charge is -2.20. The van der Waals surface area contributed by atoms with Crippen molar-refractivity contribution in [2.75, 3.05) is 13.7 Å². The summed E-state index contributed by atoms with van der Waals surface area (Å²) < 4.78 is 12.9. The van der Waals surface area contributed by atoms with Gasteiger partial charge in [-0.2, -0.15) is 10.2 Å². The van der Waals surface area contributed by atoms with E-state index in [0.29, 0.717) is 28.8 Å². The van der Waals surface area contributed by atoms with Crippen molar-refractivity contribution in [1.29, 1.82) is 0 Å². The molecule has 0 aliphatic rings. The Morgan fingerprint density at radius 3 is 2.74 bits per heavy atom.